The standard InChI is InChI=1S/C13H20N2O8/c1-2-3-9(13(22)23)15(8-12(20)21)5-4-14(6-10(16)17)7-11(18)19/h2,9H,1,3-8H2,(H,16,17)(H,18,19)(H,20,21)(H,22,23). The van der Waals surface area contributed by atoms with Crippen LogP contribution in [-0.2, 0) is 19.2 Å². The number of rotatable bonds is 13. The molecule has 0 aromatic rings. The third-order valence-corrected chi connectivity index (χ3v) is 2.88. The Balaban J connectivity index is 4.99. The minimum atomic E-state index is -1.25. The van der Waals surface area contributed by atoms with Crippen molar-refractivity contribution in [1.82, 2.24) is 9.80 Å². The van der Waals surface area contributed by atoms with Gasteiger partial charge in [0.25, 0.3) is 0 Å². The Labute approximate surface area is 132 Å². The summed E-state index contributed by atoms with van der Waals surface area (Å²) in [4.78, 5) is 45.7. The molecular weight excluding hydrogens is 312 g/mol. The van der Waals surface area contributed by atoms with Crippen molar-refractivity contribution in [3.05, 3.63) is 12.7 Å². The number of carboxylic acids is 4. The lowest BCUT2D eigenvalue weighted by molar-refractivity contribution is -0.148. The minimum Gasteiger partial charge on any atom is -0.480 e. The molecule has 130 valence electrons. The Morgan fingerprint density at radius 1 is 0.870 bits per heavy atom. The molecule has 1 unspecified atom stereocenters. The topological polar surface area (TPSA) is 156 Å². The molecular formula is C13H20N2O8. The maximum atomic E-state index is 11.2. The lowest BCUT2D eigenvalue weighted by Gasteiger charge is -2.29. The third kappa shape index (κ3) is 9.22. The zero-order valence-electron chi connectivity index (χ0n) is 12.4. The van der Waals surface area contributed by atoms with E-state index in [1.165, 1.54) is 6.08 Å². The molecule has 10 nitrogen and oxygen atoms in total. The fraction of sp³-hybridized carbons (Fsp3) is 0.538. The van der Waals surface area contributed by atoms with Gasteiger partial charge in [0.05, 0.1) is 19.6 Å². The molecule has 0 saturated heterocycles. The summed E-state index contributed by atoms with van der Waals surface area (Å²) < 4.78 is 0. The van der Waals surface area contributed by atoms with Gasteiger partial charge in [0.1, 0.15) is 6.04 Å². The van der Waals surface area contributed by atoms with Gasteiger partial charge < -0.3 is 20.4 Å². The second-order valence-electron chi connectivity index (χ2n) is 4.74. The van der Waals surface area contributed by atoms with Crippen LogP contribution in [0.5, 0.6) is 0 Å². The Bertz CT molecular complexity index is 449. The quantitative estimate of drug-likeness (QED) is 0.304. The maximum absolute atomic E-state index is 11.2. The van der Waals surface area contributed by atoms with E-state index in [0.29, 0.717) is 0 Å². The van der Waals surface area contributed by atoms with Gasteiger partial charge in [-0.3, -0.25) is 29.0 Å². The van der Waals surface area contributed by atoms with Crippen molar-refractivity contribution >= 4 is 23.9 Å². The summed E-state index contributed by atoms with van der Waals surface area (Å²) >= 11 is 0. The SMILES string of the molecule is C=CCC(C(=O)O)N(CCN(CC(=O)O)CC(=O)O)CC(=O)O. The summed E-state index contributed by atoms with van der Waals surface area (Å²) in [6.07, 6.45) is 1.33. The van der Waals surface area contributed by atoms with Gasteiger partial charge in [-0.2, -0.15) is 0 Å². The van der Waals surface area contributed by atoms with E-state index in [9.17, 15) is 19.2 Å². The summed E-state index contributed by atoms with van der Waals surface area (Å²) in [5, 5.41) is 35.5. The first-order valence-electron chi connectivity index (χ1n) is 6.62. The molecule has 0 aliphatic heterocycles. The lowest BCUT2D eigenvalue weighted by atomic mass is 10.1. The van der Waals surface area contributed by atoms with Crippen LogP contribution in [0, 0.1) is 0 Å². The first-order chi connectivity index (χ1) is 10.7. The Kier molecular flexibility index (Phi) is 9.20. The number of aliphatic carboxylic acids is 4. The second kappa shape index (κ2) is 10.3. The molecule has 0 heterocycles. The zero-order chi connectivity index (χ0) is 18.0. The normalized spacial score (nSPS) is 12.1. The fourth-order valence-electron chi connectivity index (χ4n) is 1.95. The number of nitrogens with zero attached hydrogens (tertiary/aromatic N) is 2. The highest BCUT2D eigenvalue weighted by Gasteiger charge is 2.27. The van der Waals surface area contributed by atoms with Gasteiger partial charge in [0, 0.05) is 13.1 Å². The highest BCUT2D eigenvalue weighted by atomic mass is 16.4. The van der Waals surface area contributed by atoms with E-state index in [1.54, 1.807) is 0 Å². The first kappa shape index (κ1) is 20.5. The Hall–Kier alpha value is -2.46. The van der Waals surface area contributed by atoms with E-state index in [2.05, 4.69) is 6.58 Å². The van der Waals surface area contributed by atoms with Gasteiger partial charge in [0.2, 0.25) is 0 Å². The summed E-state index contributed by atoms with van der Waals surface area (Å²) in [7, 11) is 0. The summed E-state index contributed by atoms with van der Waals surface area (Å²) in [5.41, 5.74) is 0. The smallest absolute Gasteiger partial charge is 0.321 e. The van der Waals surface area contributed by atoms with E-state index in [-0.39, 0.29) is 19.5 Å². The van der Waals surface area contributed by atoms with E-state index < -0.39 is 49.6 Å². The van der Waals surface area contributed by atoms with Crippen molar-refractivity contribution in [2.24, 2.45) is 0 Å². The fourth-order valence-corrected chi connectivity index (χ4v) is 1.95. The molecule has 10 heteroatoms. The van der Waals surface area contributed by atoms with Crippen molar-refractivity contribution in [3.8, 4) is 0 Å². The number of hydrogen-bond donors (Lipinski definition) is 4. The molecule has 1 atom stereocenters. The summed E-state index contributed by atoms with van der Waals surface area (Å²) in [6, 6.07) is -1.14. The highest BCUT2D eigenvalue weighted by molar-refractivity contribution is 5.76. The zero-order valence-corrected chi connectivity index (χ0v) is 12.4. The molecule has 0 aromatic carbocycles. The van der Waals surface area contributed by atoms with E-state index >= 15 is 0 Å². The van der Waals surface area contributed by atoms with Crippen LogP contribution in [0.15, 0.2) is 12.7 Å². The molecule has 0 bridgehead atoms. The number of carbonyl (C=O) groups is 4. The average Bonchev–Trinajstić information content (AvgIpc) is 2.38. The van der Waals surface area contributed by atoms with Gasteiger partial charge in [0.15, 0.2) is 0 Å². The summed E-state index contributed by atoms with van der Waals surface area (Å²) in [5.74, 6) is -4.97. The van der Waals surface area contributed by atoms with Crippen LogP contribution in [0.25, 0.3) is 0 Å². The van der Waals surface area contributed by atoms with Crippen molar-refractivity contribution in [1.29, 1.82) is 0 Å². The van der Waals surface area contributed by atoms with Crippen molar-refractivity contribution in [2.75, 3.05) is 32.7 Å². The van der Waals surface area contributed by atoms with Gasteiger partial charge in [-0.15, -0.1) is 6.58 Å². The molecule has 0 spiro atoms. The third-order valence-electron chi connectivity index (χ3n) is 2.88. The Morgan fingerprint density at radius 3 is 1.70 bits per heavy atom. The highest BCUT2D eigenvalue weighted by Crippen LogP contribution is 2.06. The van der Waals surface area contributed by atoms with Gasteiger partial charge >= 0.3 is 23.9 Å². The van der Waals surface area contributed by atoms with Crippen LogP contribution in [0.4, 0.5) is 0 Å². The van der Waals surface area contributed by atoms with Gasteiger partial charge in [-0.1, -0.05) is 6.08 Å². The van der Waals surface area contributed by atoms with Crippen LogP contribution < -0.4 is 0 Å². The number of carboxylic acid groups (broad SMARTS) is 4. The van der Waals surface area contributed by atoms with Crippen LogP contribution in [-0.4, -0.2) is 92.9 Å². The first-order valence-corrected chi connectivity index (χ1v) is 6.62. The van der Waals surface area contributed by atoms with Crippen LogP contribution >= 0.6 is 0 Å². The molecule has 0 fully saturated rings. The molecule has 0 amide bonds. The molecule has 0 aromatic heterocycles. The molecule has 0 saturated carbocycles. The monoisotopic (exact) mass is 332 g/mol. The maximum Gasteiger partial charge on any atom is 0.321 e. The molecule has 0 rings (SSSR count). The van der Waals surface area contributed by atoms with E-state index in [1.807, 2.05) is 0 Å². The van der Waals surface area contributed by atoms with Crippen LogP contribution in [0.3, 0.4) is 0 Å². The lowest BCUT2D eigenvalue weighted by Crippen LogP contribution is -2.48. The minimum absolute atomic E-state index is 0.000471. The predicted molar refractivity (Wildman–Crippen MR) is 77.2 cm³/mol. The van der Waals surface area contributed by atoms with Crippen LogP contribution in [0.1, 0.15) is 6.42 Å². The molecule has 23 heavy (non-hydrogen) atoms. The molecule has 0 aliphatic rings. The van der Waals surface area contributed by atoms with Gasteiger partial charge in [-0.25, -0.2) is 0 Å². The molecule has 4 N–H and O–H groups in total. The molecule has 0 radical (unpaired) electrons. The largest absolute Gasteiger partial charge is 0.480 e. The second-order valence-corrected chi connectivity index (χ2v) is 4.74. The Morgan fingerprint density at radius 2 is 1.35 bits per heavy atom. The van der Waals surface area contributed by atoms with Gasteiger partial charge in [-0.05, 0) is 6.42 Å². The molecule has 0 aliphatic carbocycles. The van der Waals surface area contributed by atoms with Crippen LogP contribution in [0.2, 0.25) is 0 Å². The van der Waals surface area contributed by atoms with E-state index in [4.69, 9.17) is 20.4 Å². The number of hydrogen-bond acceptors (Lipinski definition) is 6. The summed E-state index contributed by atoms with van der Waals surface area (Å²) in [6.45, 7) is 1.53. The van der Waals surface area contributed by atoms with Crippen molar-refractivity contribution < 1.29 is 39.6 Å². The predicted octanol–water partition coefficient (Wildman–Crippen LogP) is -1.13. The van der Waals surface area contributed by atoms with Crippen molar-refractivity contribution in [3.63, 3.8) is 0 Å². The van der Waals surface area contributed by atoms with E-state index in [0.717, 1.165) is 9.80 Å². The average molecular weight is 332 g/mol. The van der Waals surface area contributed by atoms with Crippen molar-refractivity contribution in [2.45, 2.75) is 12.5 Å².